The standard InChI is InChI=1S/C25H22N2O3S/c1-4-30-18-11-13-20-22(15-18)31-25-26-23(16-8-6-5-7-9-16)24(27(20)25)19-12-10-17(28-2)14-21(19)29-3/h5-15H,4H2,1-3H3. The SMILES string of the molecule is CCOc1ccc2c(c1)sc1nc(-c3ccccc3)c(-c3ccc(OC)cc3OC)n12. The van der Waals surface area contributed by atoms with Crippen molar-refractivity contribution in [3.05, 3.63) is 66.7 Å². The summed E-state index contributed by atoms with van der Waals surface area (Å²) in [6.07, 6.45) is 0. The first-order valence-electron chi connectivity index (χ1n) is 10.1. The summed E-state index contributed by atoms with van der Waals surface area (Å²) in [5.41, 5.74) is 5.03. The summed E-state index contributed by atoms with van der Waals surface area (Å²) < 4.78 is 20.2. The molecule has 0 fully saturated rings. The van der Waals surface area contributed by atoms with Crippen LogP contribution in [-0.2, 0) is 0 Å². The monoisotopic (exact) mass is 430 g/mol. The summed E-state index contributed by atoms with van der Waals surface area (Å²) in [7, 11) is 3.34. The molecule has 0 saturated heterocycles. The number of hydrogen-bond donors (Lipinski definition) is 0. The van der Waals surface area contributed by atoms with Gasteiger partial charge in [-0.3, -0.25) is 4.40 Å². The maximum absolute atomic E-state index is 5.75. The number of benzene rings is 3. The number of methoxy groups -OCH3 is 2. The van der Waals surface area contributed by atoms with E-state index >= 15 is 0 Å². The zero-order chi connectivity index (χ0) is 21.4. The summed E-state index contributed by atoms with van der Waals surface area (Å²) >= 11 is 1.65. The molecule has 0 aliphatic rings. The molecule has 0 atom stereocenters. The van der Waals surface area contributed by atoms with E-state index in [9.17, 15) is 0 Å². The zero-order valence-corrected chi connectivity index (χ0v) is 18.4. The predicted molar refractivity (Wildman–Crippen MR) is 126 cm³/mol. The van der Waals surface area contributed by atoms with Crippen molar-refractivity contribution in [2.45, 2.75) is 6.92 Å². The van der Waals surface area contributed by atoms with Crippen LogP contribution < -0.4 is 14.2 Å². The van der Waals surface area contributed by atoms with Gasteiger partial charge in [0.15, 0.2) is 4.96 Å². The van der Waals surface area contributed by atoms with E-state index in [1.54, 1.807) is 25.6 Å². The molecular weight excluding hydrogens is 408 g/mol. The number of ether oxygens (including phenoxy) is 3. The van der Waals surface area contributed by atoms with Crippen molar-refractivity contribution in [2.75, 3.05) is 20.8 Å². The lowest BCUT2D eigenvalue weighted by molar-refractivity contribution is 0.341. The Balaban J connectivity index is 1.84. The van der Waals surface area contributed by atoms with E-state index < -0.39 is 0 Å². The molecule has 5 aromatic rings. The van der Waals surface area contributed by atoms with Gasteiger partial charge in [-0.05, 0) is 37.3 Å². The Hall–Kier alpha value is -3.51. The van der Waals surface area contributed by atoms with Crippen LogP contribution in [0.1, 0.15) is 6.92 Å². The van der Waals surface area contributed by atoms with Gasteiger partial charge in [0.2, 0.25) is 0 Å². The molecule has 0 aliphatic heterocycles. The normalized spacial score (nSPS) is 11.2. The summed E-state index contributed by atoms with van der Waals surface area (Å²) in [6, 6.07) is 22.3. The van der Waals surface area contributed by atoms with E-state index in [0.717, 1.165) is 54.9 Å². The van der Waals surface area contributed by atoms with Gasteiger partial charge in [0, 0.05) is 17.2 Å². The predicted octanol–water partition coefficient (Wildman–Crippen LogP) is 6.30. The van der Waals surface area contributed by atoms with Crippen molar-refractivity contribution in [3.63, 3.8) is 0 Å². The van der Waals surface area contributed by atoms with Crippen molar-refractivity contribution in [2.24, 2.45) is 0 Å². The fraction of sp³-hybridized carbons (Fsp3) is 0.160. The second-order valence-corrected chi connectivity index (χ2v) is 8.03. The minimum Gasteiger partial charge on any atom is -0.497 e. The fourth-order valence-electron chi connectivity index (χ4n) is 3.85. The molecule has 2 heterocycles. The van der Waals surface area contributed by atoms with Crippen molar-refractivity contribution in [1.82, 2.24) is 9.38 Å². The molecule has 6 heteroatoms. The Morgan fingerprint density at radius 2 is 1.71 bits per heavy atom. The highest BCUT2D eigenvalue weighted by atomic mass is 32.1. The molecule has 156 valence electrons. The largest absolute Gasteiger partial charge is 0.497 e. The van der Waals surface area contributed by atoms with Crippen molar-refractivity contribution in [1.29, 1.82) is 0 Å². The molecule has 0 bridgehead atoms. The molecule has 3 aromatic carbocycles. The van der Waals surface area contributed by atoms with Gasteiger partial charge in [0.05, 0.1) is 42.4 Å². The molecule has 0 aliphatic carbocycles. The Kier molecular flexibility index (Phi) is 5.00. The average Bonchev–Trinajstić information content (AvgIpc) is 3.35. The third-order valence-corrected chi connectivity index (χ3v) is 6.25. The Bertz CT molecular complexity index is 1370. The van der Waals surface area contributed by atoms with Crippen LogP contribution in [0.2, 0.25) is 0 Å². The second-order valence-electron chi connectivity index (χ2n) is 7.02. The van der Waals surface area contributed by atoms with Crippen molar-refractivity contribution < 1.29 is 14.2 Å². The maximum Gasteiger partial charge on any atom is 0.195 e. The van der Waals surface area contributed by atoms with Gasteiger partial charge < -0.3 is 14.2 Å². The summed E-state index contributed by atoms with van der Waals surface area (Å²) in [5, 5.41) is 0. The third kappa shape index (κ3) is 3.29. The van der Waals surface area contributed by atoms with E-state index in [1.807, 2.05) is 49.4 Å². The molecule has 0 spiro atoms. The van der Waals surface area contributed by atoms with Gasteiger partial charge in [-0.15, -0.1) is 0 Å². The maximum atomic E-state index is 5.75. The molecule has 2 aromatic heterocycles. The van der Waals surface area contributed by atoms with Crippen LogP contribution in [0.15, 0.2) is 66.7 Å². The van der Waals surface area contributed by atoms with Crippen LogP contribution in [0.4, 0.5) is 0 Å². The number of nitrogens with zero attached hydrogens (tertiary/aromatic N) is 2. The minimum absolute atomic E-state index is 0.639. The Morgan fingerprint density at radius 3 is 2.45 bits per heavy atom. The van der Waals surface area contributed by atoms with Crippen LogP contribution in [0.5, 0.6) is 17.2 Å². The Labute approximate surface area is 184 Å². The number of imidazole rings is 1. The van der Waals surface area contributed by atoms with Crippen LogP contribution in [-0.4, -0.2) is 30.2 Å². The van der Waals surface area contributed by atoms with Gasteiger partial charge in [-0.1, -0.05) is 41.7 Å². The van der Waals surface area contributed by atoms with Crippen LogP contribution in [0.3, 0.4) is 0 Å². The fourth-order valence-corrected chi connectivity index (χ4v) is 4.90. The lowest BCUT2D eigenvalue weighted by atomic mass is 10.0. The van der Waals surface area contributed by atoms with E-state index in [-0.39, 0.29) is 0 Å². The van der Waals surface area contributed by atoms with Crippen LogP contribution in [0.25, 0.3) is 37.7 Å². The quantitative estimate of drug-likeness (QED) is 0.317. The number of rotatable bonds is 6. The number of thiazole rings is 1. The van der Waals surface area contributed by atoms with E-state index in [2.05, 4.69) is 28.7 Å². The number of aromatic nitrogens is 2. The highest BCUT2D eigenvalue weighted by Gasteiger charge is 2.22. The van der Waals surface area contributed by atoms with Gasteiger partial charge in [0.1, 0.15) is 17.2 Å². The first-order chi connectivity index (χ1) is 15.2. The van der Waals surface area contributed by atoms with Gasteiger partial charge in [-0.25, -0.2) is 4.98 Å². The lowest BCUT2D eigenvalue weighted by Crippen LogP contribution is -1.95. The molecule has 0 radical (unpaired) electrons. The lowest BCUT2D eigenvalue weighted by Gasteiger charge is -2.12. The average molecular weight is 431 g/mol. The van der Waals surface area contributed by atoms with Gasteiger partial charge >= 0.3 is 0 Å². The topological polar surface area (TPSA) is 45.0 Å². The molecule has 31 heavy (non-hydrogen) atoms. The van der Waals surface area contributed by atoms with E-state index in [1.165, 1.54) is 0 Å². The van der Waals surface area contributed by atoms with E-state index in [0.29, 0.717) is 6.61 Å². The highest BCUT2D eigenvalue weighted by Crippen LogP contribution is 2.43. The van der Waals surface area contributed by atoms with Crippen LogP contribution >= 0.6 is 11.3 Å². The molecule has 0 amide bonds. The number of fused-ring (bicyclic) bond motifs is 3. The van der Waals surface area contributed by atoms with E-state index in [4.69, 9.17) is 19.2 Å². The summed E-state index contributed by atoms with van der Waals surface area (Å²) in [6.45, 7) is 2.63. The smallest absolute Gasteiger partial charge is 0.195 e. The van der Waals surface area contributed by atoms with Crippen molar-refractivity contribution >= 4 is 26.5 Å². The summed E-state index contributed by atoms with van der Waals surface area (Å²) in [5.74, 6) is 2.36. The van der Waals surface area contributed by atoms with Crippen LogP contribution in [0, 0.1) is 0 Å². The van der Waals surface area contributed by atoms with Gasteiger partial charge in [-0.2, -0.15) is 0 Å². The van der Waals surface area contributed by atoms with Crippen molar-refractivity contribution in [3.8, 4) is 39.8 Å². The highest BCUT2D eigenvalue weighted by molar-refractivity contribution is 7.23. The molecule has 0 unspecified atom stereocenters. The molecule has 5 rings (SSSR count). The second kappa shape index (κ2) is 7.96. The third-order valence-electron chi connectivity index (χ3n) is 5.24. The first-order valence-corrected chi connectivity index (χ1v) is 10.9. The molecular formula is C25H22N2O3S. The molecule has 5 nitrogen and oxygen atoms in total. The van der Waals surface area contributed by atoms with Gasteiger partial charge in [0.25, 0.3) is 0 Å². The molecule has 0 saturated carbocycles. The number of hydrogen-bond acceptors (Lipinski definition) is 5. The molecule has 0 N–H and O–H groups in total. The first kappa shape index (κ1) is 19.5. The Morgan fingerprint density at radius 1 is 0.903 bits per heavy atom. The summed E-state index contributed by atoms with van der Waals surface area (Å²) in [4.78, 5) is 5.97. The minimum atomic E-state index is 0.639. The zero-order valence-electron chi connectivity index (χ0n) is 17.6.